The number of phosphoric ester groups is 1. The second-order valence-electron chi connectivity index (χ2n) is 24.2. The lowest BCUT2D eigenvalue weighted by Gasteiger charge is -2.24. The van der Waals surface area contributed by atoms with Crippen LogP contribution >= 0.6 is 7.82 Å². The van der Waals surface area contributed by atoms with Crippen LogP contribution in [0.5, 0.6) is 0 Å². The maximum Gasteiger partial charge on any atom is 0.472 e. The Morgan fingerprint density at radius 1 is 0.369 bits per heavy atom. The first-order valence-electron chi connectivity index (χ1n) is 34.6. The van der Waals surface area contributed by atoms with E-state index >= 15 is 0 Å². The van der Waals surface area contributed by atoms with Crippen LogP contribution in [-0.2, 0) is 32.7 Å². The van der Waals surface area contributed by atoms with E-state index in [-0.39, 0.29) is 32.0 Å². The Kier molecular flexibility index (Phi) is 61.6. The number of likely N-dealkylation sites (N-methyl/N-ethyl adjacent to an activating group) is 1. The zero-order chi connectivity index (χ0) is 61.2. The van der Waals surface area contributed by atoms with Gasteiger partial charge >= 0.3 is 19.8 Å². The number of quaternary nitrogens is 1. The Morgan fingerprint density at radius 3 is 0.952 bits per heavy atom. The number of rotatable bonds is 63. The SMILES string of the molecule is CC/C=C\C/C=C\C/C=C\C/C=C\C/C=C\CCCCCCCCCCCCCCCC(=O)OC(COC(=O)CCCCCCCCCCCCCCCCCCCC/C=C\C/C=C\C/C=C\C/C=C\CC)COP(=O)(O)OCC[N+](C)(C)C. The van der Waals surface area contributed by atoms with Crippen molar-refractivity contribution in [3.05, 3.63) is 109 Å². The summed E-state index contributed by atoms with van der Waals surface area (Å²) in [5.41, 5.74) is 0. The van der Waals surface area contributed by atoms with Gasteiger partial charge in [0.2, 0.25) is 0 Å². The number of carbonyl (C=O) groups is 2. The number of esters is 2. The molecule has 0 saturated carbocycles. The molecule has 0 radical (unpaired) electrons. The van der Waals surface area contributed by atoms with E-state index in [4.69, 9.17) is 18.5 Å². The lowest BCUT2D eigenvalue weighted by molar-refractivity contribution is -0.870. The summed E-state index contributed by atoms with van der Waals surface area (Å²) in [5, 5.41) is 0. The van der Waals surface area contributed by atoms with Gasteiger partial charge in [-0.05, 0) is 96.3 Å². The van der Waals surface area contributed by atoms with Crippen LogP contribution in [0.15, 0.2) is 109 Å². The van der Waals surface area contributed by atoms with Crippen molar-refractivity contribution in [2.45, 2.75) is 302 Å². The van der Waals surface area contributed by atoms with Crippen LogP contribution in [-0.4, -0.2) is 74.9 Å². The van der Waals surface area contributed by atoms with Crippen molar-refractivity contribution < 1.29 is 42.1 Å². The Hall–Kier alpha value is -3.33. The lowest BCUT2D eigenvalue weighted by Crippen LogP contribution is -2.37. The fourth-order valence-corrected chi connectivity index (χ4v) is 10.3. The molecule has 9 nitrogen and oxygen atoms in total. The van der Waals surface area contributed by atoms with Crippen molar-refractivity contribution in [3.8, 4) is 0 Å². The van der Waals surface area contributed by atoms with Gasteiger partial charge in [0, 0.05) is 12.8 Å². The van der Waals surface area contributed by atoms with E-state index in [0.29, 0.717) is 17.4 Å². The fraction of sp³-hybridized carbons (Fsp3) is 0.730. The molecule has 10 heteroatoms. The molecule has 0 aliphatic rings. The van der Waals surface area contributed by atoms with E-state index < -0.39 is 26.5 Å². The van der Waals surface area contributed by atoms with Gasteiger partial charge in [-0.2, -0.15) is 0 Å². The summed E-state index contributed by atoms with van der Waals surface area (Å²) in [4.78, 5) is 35.9. The first-order chi connectivity index (χ1) is 41.0. The van der Waals surface area contributed by atoms with Crippen LogP contribution in [0.4, 0.5) is 0 Å². The Labute approximate surface area is 518 Å². The molecule has 0 aliphatic carbocycles. The monoisotopic (exact) mass is 1190 g/mol. The van der Waals surface area contributed by atoms with E-state index in [2.05, 4.69) is 123 Å². The Balaban J connectivity index is 4.04. The number of hydrogen-bond acceptors (Lipinski definition) is 7. The molecule has 2 unspecified atom stereocenters. The summed E-state index contributed by atoms with van der Waals surface area (Å²) >= 11 is 0. The third-order valence-electron chi connectivity index (χ3n) is 14.8. The number of allylic oxidation sites excluding steroid dienone is 18. The van der Waals surface area contributed by atoms with Crippen molar-refractivity contribution in [1.29, 1.82) is 0 Å². The van der Waals surface area contributed by atoms with Gasteiger partial charge in [-0.15, -0.1) is 0 Å². The zero-order valence-electron chi connectivity index (χ0n) is 55.1. The minimum absolute atomic E-state index is 0.0287. The molecule has 0 aliphatic heterocycles. The minimum atomic E-state index is -4.40. The molecule has 0 fully saturated rings. The highest BCUT2D eigenvalue weighted by Crippen LogP contribution is 2.43. The molecule has 2 atom stereocenters. The fourth-order valence-electron chi connectivity index (χ4n) is 9.57. The number of unbranched alkanes of at least 4 members (excludes halogenated alkanes) is 31. The van der Waals surface area contributed by atoms with Gasteiger partial charge in [-0.3, -0.25) is 18.6 Å². The molecule has 84 heavy (non-hydrogen) atoms. The predicted molar refractivity (Wildman–Crippen MR) is 362 cm³/mol. The second-order valence-corrected chi connectivity index (χ2v) is 25.6. The molecular weight excluding hydrogens is 1060 g/mol. The smallest absolute Gasteiger partial charge is 0.462 e. The molecule has 0 spiro atoms. The topological polar surface area (TPSA) is 108 Å². The molecule has 0 rings (SSSR count). The van der Waals surface area contributed by atoms with Gasteiger partial charge in [0.15, 0.2) is 6.10 Å². The standard InChI is InChI=1S/C74H130NO8P/c1-6-8-10-12-14-16-18-20-22-24-26-28-30-32-34-36-37-39-40-42-44-46-48-50-52-54-56-58-60-62-64-66-73(76)80-70-72(71-82-84(78,79)81-69-68-75(3,4)5)83-74(77)67-65-63-61-59-57-55-53-51-49-47-45-43-41-38-35-33-31-29-27-25-23-21-19-17-15-13-11-9-7-2/h8-11,14-17,20-23,26-29,33,35,72H,6-7,12-13,18-19,24-25,30-32,34,36-71H2,1-5H3/p+1/b10-8-,11-9-,16-14-,17-15-,22-20-,23-21-,28-26-,29-27-,35-33-. The Bertz CT molecular complexity index is 1790. The van der Waals surface area contributed by atoms with Crippen molar-refractivity contribution in [2.75, 3.05) is 47.5 Å². The molecule has 1 N–H and O–H groups in total. The molecule has 0 aromatic rings. The van der Waals surface area contributed by atoms with E-state index in [9.17, 15) is 19.0 Å². The van der Waals surface area contributed by atoms with E-state index in [1.807, 2.05) is 21.1 Å². The molecule has 484 valence electrons. The van der Waals surface area contributed by atoms with Gasteiger partial charge < -0.3 is 18.9 Å². The van der Waals surface area contributed by atoms with Gasteiger partial charge in [0.1, 0.15) is 19.8 Å². The van der Waals surface area contributed by atoms with Crippen LogP contribution in [0.1, 0.15) is 296 Å². The molecular formula is C74H131NO8P+. The second kappa shape index (κ2) is 64.2. The third kappa shape index (κ3) is 67.8. The number of hydrogen-bond donors (Lipinski definition) is 1. The molecule has 0 bridgehead atoms. The van der Waals surface area contributed by atoms with Crippen LogP contribution < -0.4 is 0 Å². The molecule has 0 saturated heterocycles. The van der Waals surface area contributed by atoms with E-state index in [1.165, 1.54) is 167 Å². The highest BCUT2D eigenvalue weighted by molar-refractivity contribution is 7.47. The molecule has 0 aromatic heterocycles. The molecule has 0 heterocycles. The predicted octanol–water partition coefficient (Wildman–Crippen LogP) is 22.5. The summed E-state index contributed by atoms with van der Waals surface area (Å²) in [6, 6.07) is 0. The number of phosphoric acid groups is 1. The van der Waals surface area contributed by atoms with Crippen molar-refractivity contribution in [3.63, 3.8) is 0 Å². The largest absolute Gasteiger partial charge is 0.472 e. The highest BCUT2D eigenvalue weighted by atomic mass is 31.2. The van der Waals surface area contributed by atoms with Gasteiger partial charge in [-0.1, -0.05) is 297 Å². The van der Waals surface area contributed by atoms with Gasteiger partial charge in [0.05, 0.1) is 27.7 Å². The number of nitrogens with zero attached hydrogens (tertiary/aromatic N) is 1. The lowest BCUT2D eigenvalue weighted by atomic mass is 10.0. The first-order valence-corrected chi connectivity index (χ1v) is 36.1. The quantitative estimate of drug-likeness (QED) is 0.0211. The summed E-state index contributed by atoms with van der Waals surface area (Å²) in [7, 11) is 1.48. The van der Waals surface area contributed by atoms with Crippen LogP contribution in [0.25, 0.3) is 0 Å². The summed E-state index contributed by atoms with van der Waals surface area (Å²) in [6.45, 7) is 4.23. The number of ether oxygens (including phenoxy) is 2. The summed E-state index contributed by atoms with van der Waals surface area (Å²) in [5.74, 6) is -0.792. The number of carbonyl (C=O) groups excluding carboxylic acids is 2. The highest BCUT2D eigenvalue weighted by Gasteiger charge is 2.27. The van der Waals surface area contributed by atoms with Crippen LogP contribution in [0, 0.1) is 0 Å². The summed E-state index contributed by atoms with van der Waals surface area (Å²) in [6.07, 6.45) is 90.4. The summed E-state index contributed by atoms with van der Waals surface area (Å²) < 4.78 is 34.7. The van der Waals surface area contributed by atoms with Crippen molar-refractivity contribution in [1.82, 2.24) is 0 Å². The first kappa shape index (κ1) is 80.7. The maximum absolute atomic E-state index is 12.9. The molecule has 0 aromatic carbocycles. The van der Waals surface area contributed by atoms with E-state index in [0.717, 1.165) is 96.3 Å². The van der Waals surface area contributed by atoms with Gasteiger partial charge in [0.25, 0.3) is 0 Å². The zero-order valence-corrected chi connectivity index (χ0v) is 56.0. The van der Waals surface area contributed by atoms with Crippen molar-refractivity contribution >= 4 is 19.8 Å². The molecule has 0 amide bonds. The van der Waals surface area contributed by atoms with Crippen LogP contribution in [0.2, 0.25) is 0 Å². The van der Waals surface area contributed by atoms with Gasteiger partial charge in [-0.25, -0.2) is 4.57 Å². The van der Waals surface area contributed by atoms with E-state index in [1.54, 1.807) is 0 Å². The van der Waals surface area contributed by atoms with Crippen LogP contribution in [0.3, 0.4) is 0 Å². The average Bonchev–Trinajstić information content (AvgIpc) is 3.61. The van der Waals surface area contributed by atoms with Crippen molar-refractivity contribution in [2.24, 2.45) is 0 Å². The maximum atomic E-state index is 12.9. The average molecular weight is 1190 g/mol. The Morgan fingerprint density at radius 2 is 0.643 bits per heavy atom. The normalized spacial score (nSPS) is 13.8. The minimum Gasteiger partial charge on any atom is -0.462 e. The third-order valence-corrected chi connectivity index (χ3v) is 15.8.